The maximum atomic E-state index is 14.4. The number of hydrogen-bond acceptors (Lipinski definition) is 3. The third-order valence-electron chi connectivity index (χ3n) is 5.64. The van der Waals surface area contributed by atoms with Crippen LogP contribution < -0.4 is 0 Å². The largest absolute Gasteiger partial charge is 0.332 e. The first-order chi connectivity index (χ1) is 15.8. The Morgan fingerprint density at radius 1 is 0.970 bits per heavy atom. The summed E-state index contributed by atoms with van der Waals surface area (Å²) in [5.41, 5.74) is 2.60. The summed E-state index contributed by atoms with van der Waals surface area (Å²) in [6, 6.07) is 19.2. The second kappa shape index (κ2) is 9.32. The molecule has 3 aromatic carbocycles. The van der Waals surface area contributed by atoms with Crippen LogP contribution in [0.15, 0.2) is 77.9 Å². The van der Waals surface area contributed by atoms with Crippen LogP contribution in [0.4, 0.5) is 8.78 Å². The average Bonchev–Trinajstić information content (AvgIpc) is 3.25. The van der Waals surface area contributed by atoms with E-state index in [1.165, 1.54) is 36.3 Å². The van der Waals surface area contributed by atoms with E-state index < -0.39 is 29.5 Å². The van der Waals surface area contributed by atoms with Gasteiger partial charge in [0.15, 0.2) is 0 Å². The quantitative estimate of drug-likeness (QED) is 0.568. The number of rotatable bonds is 5. The summed E-state index contributed by atoms with van der Waals surface area (Å²) in [5, 5.41) is 5.75. The van der Waals surface area contributed by atoms with Gasteiger partial charge in [-0.25, -0.2) is 13.8 Å². The van der Waals surface area contributed by atoms with Crippen LogP contribution in [0.25, 0.3) is 0 Å². The molecular weight excluding hydrogens is 424 g/mol. The second-order valence-electron chi connectivity index (χ2n) is 8.04. The molecule has 3 aromatic rings. The van der Waals surface area contributed by atoms with Crippen LogP contribution in [0, 0.1) is 18.6 Å². The number of amides is 2. The standard InChI is InChI=1S/C26H23F2N3O2/c1-17-11-13-18(14-12-17)24-15-23(19-7-3-5-9-21(19)27)29-31(24)25(32)16-30(2)26(33)20-8-4-6-10-22(20)28/h3-14,24H,15-16H2,1-2H3. The van der Waals surface area contributed by atoms with Gasteiger partial charge in [-0.1, -0.05) is 60.2 Å². The highest BCUT2D eigenvalue weighted by atomic mass is 19.1. The van der Waals surface area contributed by atoms with Gasteiger partial charge in [-0.2, -0.15) is 5.10 Å². The van der Waals surface area contributed by atoms with Gasteiger partial charge in [0.1, 0.15) is 18.2 Å². The normalized spacial score (nSPS) is 15.3. The van der Waals surface area contributed by atoms with Crippen molar-refractivity contribution in [3.05, 3.63) is 107 Å². The molecule has 33 heavy (non-hydrogen) atoms. The molecule has 0 saturated heterocycles. The fraction of sp³-hybridized carbons (Fsp3) is 0.192. The van der Waals surface area contributed by atoms with E-state index in [4.69, 9.17) is 0 Å². The molecule has 0 saturated carbocycles. The summed E-state index contributed by atoms with van der Waals surface area (Å²) < 4.78 is 28.5. The zero-order chi connectivity index (χ0) is 23.5. The smallest absolute Gasteiger partial charge is 0.262 e. The van der Waals surface area contributed by atoms with Gasteiger partial charge in [0.05, 0.1) is 17.3 Å². The van der Waals surface area contributed by atoms with E-state index in [2.05, 4.69) is 5.10 Å². The number of hydrazone groups is 1. The zero-order valence-corrected chi connectivity index (χ0v) is 18.3. The SMILES string of the molecule is Cc1ccc(C2CC(c3ccccc3F)=NN2C(=O)CN(C)C(=O)c2ccccc2F)cc1. The molecule has 0 aromatic heterocycles. The van der Waals surface area contributed by atoms with Gasteiger partial charge < -0.3 is 4.90 Å². The molecule has 7 heteroatoms. The van der Waals surface area contributed by atoms with Crippen molar-refractivity contribution in [1.29, 1.82) is 0 Å². The molecule has 0 N–H and O–H groups in total. The molecule has 1 unspecified atom stereocenters. The Balaban J connectivity index is 1.61. The summed E-state index contributed by atoms with van der Waals surface area (Å²) in [4.78, 5) is 27.0. The van der Waals surface area contributed by atoms with Crippen LogP contribution in [0.5, 0.6) is 0 Å². The zero-order valence-electron chi connectivity index (χ0n) is 18.3. The van der Waals surface area contributed by atoms with E-state index in [1.54, 1.807) is 24.3 Å². The van der Waals surface area contributed by atoms with Gasteiger partial charge in [-0.3, -0.25) is 9.59 Å². The first kappa shape index (κ1) is 22.3. The van der Waals surface area contributed by atoms with E-state index in [-0.39, 0.29) is 12.1 Å². The Kier molecular flexibility index (Phi) is 6.31. The van der Waals surface area contributed by atoms with Crippen LogP contribution in [0.1, 0.15) is 39.5 Å². The van der Waals surface area contributed by atoms with E-state index in [9.17, 15) is 18.4 Å². The van der Waals surface area contributed by atoms with Crippen LogP contribution in [0.3, 0.4) is 0 Å². The first-order valence-electron chi connectivity index (χ1n) is 10.6. The van der Waals surface area contributed by atoms with Gasteiger partial charge >= 0.3 is 0 Å². The van der Waals surface area contributed by atoms with Crippen LogP contribution >= 0.6 is 0 Å². The Morgan fingerprint density at radius 2 is 1.61 bits per heavy atom. The molecule has 4 rings (SSSR count). The van der Waals surface area contributed by atoms with Crippen molar-refractivity contribution in [2.75, 3.05) is 13.6 Å². The minimum Gasteiger partial charge on any atom is -0.332 e. The number of carbonyl (C=O) groups excluding carboxylic acids is 2. The lowest BCUT2D eigenvalue weighted by atomic mass is 9.97. The van der Waals surface area contributed by atoms with Crippen molar-refractivity contribution in [1.82, 2.24) is 9.91 Å². The Labute approximate surface area is 190 Å². The van der Waals surface area contributed by atoms with E-state index in [0.29, 0.717) is 17.7 Å². The summed E-state index contributed by atoms with van der Waals surface area (Å²) >= 11 is 0. The molecule has 5 nitrogen and oxygen atoms in total. The van der Waals surface area contributed by atoms with E-state index in [1.807, 2.05) is 31.2 Å². The maximum absolute atomic E-state index is 14.4. The molecule has 168 valence electrons. The molecule has 0 aliphatic carbocycles. The van der Waals surface area contributed by atoms with E-state index in [0.717, 1.165) is 16.0 Å². The van der Waals surface area contributed by atoms with Crippen molar-refractivity contribution in [3.8, 4) is 0 Å². The van der Waals surface area contributed by atoms with E-state index >= 15 is 0 Å². The van der Waals surface area contributed by atoms with Gasteiger partial charge in [0, 0.05) is 19.0 Å². The van der Waals surface area contributed by atoms with Crippen LogP contribution in [0.2, 0.25) is 0 Å². The number of benzene rings is 3. The molecule has 2 amide bonds. The molecule has 0 bridgehead atoms. The fourth-order valence-electron chi connectivity index (χ4n) is 3.83. The second-order valence-corrected chi connectivity index (χ2v) is 8.04. The van der Waals surface area contributed by atoms with Gasteiger partial charge in [-0.05, 0) is 30.7 Å². The van der Waals surface area contributed by atoms with Crippen LogP contribution in [-0.4, -0.2) is 41.0 Å². The maximum Gasteiger partial charge on any atom is 0.262 e. The lowest BCUT2D eigenvalue weighted by Gasteiger charge is -2.25. The number of carbonyl (C=O) groups is 2. The predicted octanol–water partition coefficient (Wildman–Crippen LogP) is 4.72. The topological polar surface area (TPSA) is 53.0 Å². The third kappa shape index (κ3) is 4.67. The lowest BCUT2D eigenvalue weighted by Crippen LogP contribution is -2.39. The van der Waals surface area contributed by atoms with Gasteiger partial charge in [-0.15, -0.1) is 0 Å². The summed E-state index contributed by atoms with van der Waals surface area (Å²) in [7, 11) is 1.44. The minimum absolute atomic E-state index is 0.111. The number of nitrogens with zero attached hydrogens (tertiary/aromatic N) is 3. The van der Waals surface area contributed by atoms with Crippen molar-refractivity contribution in [2.24, 2.45) is 5.10 Å². The number of halogens is 2. The molecule has 1 atom stereocenters. The van der Waals surface area contributed by atoms with Crippen molar-refractivity contribution in [3.63, 3.8) is 0 Å². The molecule has 0 fully saturated rings. The first-order valence-corrected chi connectivity index (χ1v) is 10.6. The van der Waals surface area contributed by atoms with Gasteiger partial charge in [0.25, 0.3) is 11.8 Å². The van der Waals surface area contributed by atoms with Crippen molar-refractivity contribution >= 4 is 17.5 Å². The number of likely N-dealkylation sites (N-methyl/N-ethyl adjacent to an activating group) is 1. The molecule has 0 radical (unpaired) electrons. The number of aryl methyl sites for hydroxylation is 1. The summed E-state index contributed by atoms with van der Waals surface area (Å²) in [5.74, 6) is -2.12. The Morgan fingerprint density at radius 3 is 2.27 bits per heavy atom. The summed E-state index contributed by atoms with van der Waals surface area (Å²) in [6.45, 7) is 1.66. The van der Waals surface area contributed by atoms with Gasteiger partial charge in [0.2, 0.25) is 0 Å². The van der Waals surface area contributed by atoms with Crippen molar-refractivity contribution in [2.45, 2.75) is 19.4 Å². The van der Waals surface area contributed by atoms with Crippen LogP contribution in [-0.2, 0) is 4.79 Å². The Bertz CT molecular complexity index is 1220. The monoisotopic (exact) mass is 447 g/mol. The third-order valence-corrected chi connectivity index (χ3v) is 5.64. The molecule has 1 heterocycles. The van der Waals surface area contributed by atoms with Crippen molar-refractivity contribution < 1.29 is 18.4 Å². The predicted molar refractivity (Wildman–Crippen MR) is 122 cm³/mol. The number of hydrogen-bond donors (Lipinski definition) is 0. The molecule has 1 aliphatic rings. The molecular formula is C26H23F2N3O2. The lowest BCUT2D eigenvalue weighted by molar-refractivity contribution is -0.133. The molecule has 1 aliphatic heterocycles. The fourth-order valence-corrected chi connectivity index (χ4v) is 3.83. The highest BCUT2D eigenvalue weighted by Gasteiger charge is 2.34. The minimum atomic E-state index is -0.652. The summed E-state index contributed by atoms with van der Waals surface area (Å²) in [6.07, 6.45) is 0.334. The highest BCUT2D eigenvalue weighted by molar-refractivity contribution is 6.04. The Hall–Kier alpha value is -3.87. The average molecular weight is 447 g/mol. The highest BCUT2D eigenvalue weighted by Crippen LogP contribution is 2.33. The molecule has 0 spiro atoms.